The SMILES string of the molecule is N#Cc1c(Br)cccc1N1CCc2ccc(N)cc2C1. The molecule has 0 atom stereocenters. The first-order chi connectivity index (χ1) is 9.69. The van der Waals surface area contributed by atoms with Crippen LogP contribution in [0.4, 0.5) is 11.4 Å². The summed E-state index contributed by atoms with van der Waals surface area (Å²) < 4.78 is 0.843. The summed E-state index contributed by atoms with van der Waals surface area (Å²) in [6, 6.07) is 14.2. The Balaban J connectivity index is 1.99. The minimum absolute atomic E-state index is 0.694. The van der Waals surface area contributed by atoms with Crippen molar-refractivity contribution in [1.29, 1.82) is 5.26 Å². The molecule has 0 aromatic heterocycles. The molecule has 3 rings (SSSR count). The van der Waals surface area contributed by atoms with Gasteiger partial charge in [0.2, 0.25) is 0 Å². The van der Waals surface area contributed by atoms with Crippen LogP contribution in [0.15, 0.2) is 40.9 Å². The molecule has 0 unspecified atom stereocenters. The molecule has 0 aliphatic carbocycles. The molecule has 0 spiro atoms. The molecule has 2 N–H and O–H groups in total. The molecule has 1 aliphatic rings. The van der Waals surface area contributed by atoms with Crippen LogP contribution in [0, 0.1) is 11.3 Å². The smallest absolute Gasteiger partial charge is 0.103 e. The van der Waals surface area contributed by atoms with Gasteiger partial charge >= 0.3 is 0 Å². The lowest BCUT2D eigenvalue weighted by Gasteiger charge is -2.31. The number of nitrogen functional groups attached to an aromatic ring is 1. The van der Waals surface area contributed by atoms with Crippen LogP contribution in [0.25, 0.3) is 0 Å². The van der Waals surface area contributed by atoms with E-state index in [1.165, 1.54) is 11.1 Å². The molecule has 0 saturated carbocycles. The Morgan fingerprint density at radius 2 is 2.05 bits per heavy atom. The number of nitriles is 1. The number of benzene rings is 2. The minimum atomic E-state index is 0.694. The van der Waals surface area contributed by atoms with Gasteiger partial charge in [-0.2, -0.15) is 5.26 Å². The van der Waals surface area contributed by atoms with Gasteiger partial charge in [0, 0.05) is 23.2 Å². The van der Waals surface area contributed by atoms with Crippen LogP contribution in [0.2, 0.25) is 0 Å². The summed E-state index contributed by atoms with van der Waals surface area (Å²) in [7, 11) is 0. The average Bonchev–Trinajstić information content (AvgIpc) is 2.46. The first-order valence-corrected chi connectivity index (χ1v) is 7.29. The van der Waals surface area contributed by atoms with Gasteiger partial charge in [0.1, 0.15) is 6.07 Å². The molecule has 0 radical (unpaired) electrons. The van der Waals surface area contributed by atoms with E-state index in [-0.39, 0.29) is 0 Å². The van der Waals surface area contributed by atoms with Crippen LogP contribution in [-0.4, -0.2) is 6.54 Å². The van der Waals surface area contributed by atoms with Gasteiger partial charge in [-0.05, 0) is 57.7 Å². The largest absolute Gasteiger partial charge is 0.399 e. The maximum atomic E-state index is 9.34. The Bertz CT molecular complexity index is 703. The molecular weight excluding hydrogens is 314 g/mol. The van der Waals surface area contributed by atoms with E-state index in [0.29, 0.717) is 5.56 Å². The van der Waals surface area contributed by atoms with Crippen molar-refractivity contribution in [3.8, 4) is 6.07 Å². The molecular formula is C16H14BrN3. The molecule has 0 amide bonds. The summed E-state index contributed by atoms with van der Waals surface area (Å²) >= 11 is 3.45. The lowest BCUT2D eigenvalue weighted by molar-refractivity contribution is 0.731. The Kier molecular flexibility index (Phi) is 3.37. The number of halogens is 1. The van der Waals surface area contributed by atoms with Crippen molar-refractivity contribution in [1.82, 2.24) is 0 Å². The zero-order valence-electron chi connectivity index (χ0n) is 10.9. The third-order valence-electron chi connectivity index (χ3n) is 3.69. The van der Waals surface area contributed by atoms with Gasteiger partial charge in [0.05, 0.1) is 11.3 Å². The monoisotopic (exact) mass is 327 g/mol. The minimum Gasteiger partial charge on any atom is -0.399 e. The van der Waals surface area contributed by atoms with E-state index in [1.54, 1.807) is 0 Å². The van der Waals surface area contributed by atoms with E-state index in [1.807, 2.05) is 30.3 Å². The molecule has 3 nitrogen and oxygen atoms in total. The van der Waals surface area contributed by atoms with E-state index >= 15 is 0 Å². The van der Waals surface area contributed by atoms with Gasteiger partial charge in [-0.15, -0.1) is 0 Å². The van der Waals surface area contributed by atoms with Gasteiger partial charge in [-0.25, -0.2) is 0 Å². The van der Waals surface area contributed by atoms with Gasteiger partial charge in [-0.1, -0.05) is 12.1 Å². The average molecular weight is 328 g/mol. The number of fused-ring (bicyclic) bond motifs is 1. The fourth-order valence-electron chi connectivity index (χ4n) is 2.67. The number of hydrogen-bond donors (Lipinski definition) is 1. The van der Waals surface area contributed by atoms with Crippen molar-refractivity contribution in [3.63, 3.8) is 0 Å². The number of nitrogens with two attached hydrogens (primary N) is 1. The molecule has 2 aromatic rings. The summed E-state index contributed by atoms with van der Waals surface area (Å²) in [5, 5.41) is 9.34. The standard InChI is InChI=1S/C16H14BrN3/c17-15-2-1-3-16(14(15)9-18)20-7-6-11-4-5-13(19)8-12(11)10-20/h1-5,8H,6-7,10,19H2. The van der Waals surface area contributed by atoms with Crippen molar-refractivity contribution in [2.24, 2.45) is 0 Å². The van der Waals surface area contributed by atoms with Crippen LogP contribution in [0.3, 0.4) is 0 Å². The van der Waals surface area contributed by atoms with Crippen molar-refractivity contribution in [2.75, 3.05) is 17.2 Å². The van der Waals surface area contributed by atoms with Crippen molar-refractivity contribution in [3.05, 3.63) is 57.6 Å². The fraction of sp³-hybridized carbons (Fsp3) is 0.188. The van der Waals surface area contributed by atoms with Gasteiger partial charge in [-0.3, -0.25) is 0 Å². The normalized spacial score (nSPS) is 13.7. The van der Waals surface area contributed by atoms with Crippen molar-refractivity contribution >= 4 is 27.3 Å². The van der Waals surface area contributed by atoms with Crippen LogP contribution in [0.1, 0.15) is 16.7 Å². The molecule has 1 aliphatic heterocycles. The highest BCUT2D eigenvalue weighted by atomic mass is 79.9. The Labute approximate surface area is 126 Å². The first kappa shape index (κ1) is 13.0. The topological polar surface area (TPSA) is 53.0 Å². The van der Waals surface area contributed by atoms with Crippen LogP contribution < -0.4 is 10.6 Å². The van der Waals surface area contributed by atoms with Crippen LogP contribution in [-0.2, 0) is 13.0 Å². The summed E-state index contributed by atoms with van der Waals surface area (Å²) in [5.74, 6) is 0. The first-order valence-electron chi connectivity index (χ1n) is 6.50. The predicted octanol–water partition coefficient (Wildman–Crippen LogP) is 3.47. The molecule has 1 heterocycles. The fourth-order valence-corrected chi connectivity index (χ4v) is 3.11. The van der Waals surface area contributed by atoms with Gasteiger partial charge in [0.25, 0.3) is 0 Å². The number of rotatable bonds is 1. The van der Waals surface area contributed by atoms with E-state index in [2.05, 4.69) is 33.0 Å². The highest BCUT2D eigenvalue weighted by Gasteiger charge is 2.19. The number of hydrogen-bond acceptors (Lipinski definition) is 3. The Morgan fingerprint density at radius 3 is 2.85 bits per heavy atom. The molecule has 100 valence electrons. The molecule has 0 saturated heterocycles. The second-order valence-corrected chi connectivity index (χ2v) is 5.80. The van der Waals surface area contributed by atoms with E-state index < -0.39 is 0 Å². The lowest BCUT2D eigenvalue weighted by Crippen LogP contribution is -2.31. The van der Waals surface area contributed by atoms with Crippen LogP contribution >= 0.6 is 15.9 Å². The lowest BCUT2D eigenvalue weighted by atomic mass is 9.98. The number of anilines is 2. The second-order valence-electron chi connectivity index (χ2n) is 4.95. The number of nitrogens with zero attached hydrogens (tertiary/aromatic N) is 2. The molecule has 20 heavy (non-hydrogen) atoms. The van der Waals surface area contributed by atoms with Gasteiger partial charge < -0.3 is 10.6 Å². The van der Waals surface area contributed by atoms with E-state index in [4.69, 9.17) is 5.73 Å². The summed E-state index contributed by atoms with van der Waals surface area (Å²) in [6.07, 6.45) is 0.979. The second kappa shape index (κ2) is 5.18. The molecule has 0 fully saturated rings. The maximum absolute atomic E-state index is 9.34. The van der Waals surface area contributed by atoms with E-state index in [0.717, 1.165) is 35.4 Å². The zero-order chi connectivity index (χ0) is 14.1. The highest BCUT2D eigenvalue weighted by molar-refractivity contribution is 9.10. The summed E-state index contributed by atoms with van der Waals surface area (Å²) in [4.78, 5) is 2.24. The van der Waals surface area contributed by atoms with Crippen molar-refractivity contribution in [2.45, 2.75) is 13.0 Å². The Hall–Kier alpha value is -1.99. The molecule has 0 bridgehead atoms. The van der Waals surface area contributed by atoms with Gasteiger partial charge in [0.15, 0.2) is 0 Å². The zero-order valence-corrected chi connectivity index (χ0v) is 12.5. The van der Waals surface area contributed by atoms with E-state index in [9.17, 15) is 5.26 Å². The molecule has 2 aromatic carbocycles. The van der Waals surface area contributed by atoms with Crippen molar-refractivity contribution < 1.29 is 0 Å². The summed E-state index contributed by atoms with van der Waals surface area (Å²) in [5.41, 5.74) is 10.9. The quantitative estimate of drug-likeness (QED) is 0.816. The summed E-state index contributed by atoms with van der Waals surface area (Å²) in [6.45, 7) is 1.72. The predicted molar refractivity (Wildman–Crippen MR) is 84.5 cm³/mol. The Morgan fingerprint density at radius 1 is 1.20 bits per heavy atom. The third-order valence-corrected chi connectivity index (χ3v) is 4.35. The highest BCUT2D eigenvalue weighted by Crippen LogP contribution is 2.31. The van der Waals surface area contributed by atoms with Crippen LogP contribution in [0.5, 0.6) is 0 Å². The third kappa shape index (κ3) is 2.25. The maximum Gasteiger partial charge on any atom is 0.103 e. The molecule has 4 heteroatoms.